The van der Waals surface area contributed by atoms with Gasteiger partial charge in [-0.15, -0.1) is 0 Å². The lowest BCUT2D eigenvalue weighted by atomic mass is 10.1. The van der Waals surface area contributed by atoms with E-state index in [2.05, 4.69) is 22.8 Å². The van der Waals surface area contributed by atoms with Gasteiger partial charge in [0, 0.05) is 23.1 Å². The second-order valence-electron chi connectivity index (χ2n) is 4.48. The van der Waals surface area contributed by atoms with Gasteiger partial charge >= 0.3 is 0 Å². The fourth-order valence-corrected chi connectivity index (χ4v) is 2.59. The fourth-order valence-electron chi connectivity index (χ4n) is 2.59. The SMILES string of the molecule is COc1ccc2c(c1)cc1n2CC(CN)C1. The minimum absolute atomic E-state index is 0.613. The number of benzene rings is 1. The van der Waals surface area contributed by atoms with Crippen LogP contribution in [0.1, 0.15) is 5.69 Å². The molecule has 1 aliphatic rings. The van der Waals surface area contributed by atoms with E-state index in [1.54, 1.807) is 7.11 Å². The van der Waals surface area contributed by atoms with Crippen LogP contribution in [0.4, 0.5) is 0 Å². The van der Waals surface area contributed by atoms with Gasteiger partial charge in [-0.1, -0.05) is 0 Å². The van der Waals surface area contributed by atoms with Crippen molar-refractivity contribution in [1.82, 2.24) is 4.57 Å². The summed E-state index contributed by atoms with van der Waals surface area (Å²) in [5.41, 5.74) is 8.43. The number of fused-ring (bicyclic) bond motifs is 3. The van der Waals surface area contributed by atoms with Gasteiger partial charge in [0.05, 0.1) is 7.11 Å². The molecule has 2 N–H and O–H groups in total. The second-order valence-corrected chi connectivity index (χ2v) is 4.48. The van der Waals surface area contributed by atoms with Gasteiger partial charge in [0.2, 0.25) is 0 Å². The minimum atomic E-state index is 0.613. The van der Waals surface area contributed by atoms with Crippen molar-refractivity contribution in [3.8, 4) is 5.75 Å². The van der Waals surface area contributed by atoms with Gasteiger partial charge in [-0.05, 0) is 43.1 Å². The van der Waals surface area contributed by atoms with Crippen LogP contribution in [0.25, 0.3) is 10.9 Å². The van der Waals surface area contributed by atoms with Crippen LogP contribution in [0.2, 0.25) is 0 Å². The standard InChI is InChI=1S/C13H16N2O/c1-16-12-2-3-13-10(6-12)5-11-4-9(7-14)8-15(11)13/h2-3,5-6,9H,4,7-8,14H2,1H3. The van der Waals surface area contributed by atoms with E-state index in [1.807, 2.05) is 6.07 Å². The summed E-state index contributed by atoms with van der Waals surface area (Å²) in [6.45, 7) is 1.83. The summed E-state index contributed by atoms with van der Waals surface area (Å²) in [5, 5.41) is 1.27. The Balaban J connectivity index is 2.09. The van der Waals surface area contributed by atoms with Gasteiger partial charge in [-0.3, -0.25) is 0 Å². The number of rotatable bonds is 2. The van der Waals surface area contributed by atoms with Crippen LogP contribution >= 0.6 is 0 Å². The molecule has 0 amide bonds. The van der Waals surface area contributed by atoms with E-state index in [9.17, 15) is 0 Å². The zero-order valence-corrected chi connectivity index (χ0v) is 9.44. The molecule has 3 nitrogen and oxygen atoms in total. The molecule has 2 heterocycles. The Morgan fingerprint density at radius 3 is 3.06 bits per heavy atom. The predicted molar refractivity (Wildman–Crippen MR) is 64.7 cm³/mol. The number of aromatic nitrogens is 1. The van der Waals surface area contributed by atoms with Crippen LogP contribution in [0, 0.1) is 5.92 Å². The van der Waals surface area contributed by atoms with Crippen molar-refractivity contribution in [3.05, 3.63) is 30.0 Å². The van der Waals surface area contributed by atoms with Crippen LogP contribution in [-0.2, 0) is 13.0 Å². The van der Waals surface area contributed by atoms with Crippen LogP contribution < -0.4 is 10.5 Å². The lowest BCUT2D eigenvalue weighted by Gasteiger charge is -2.06. The molecule has 1 aromatic heterocycles. The van der Waals surface area contributed by atoms with Crippen LogP contribution in [0.5, 0.6) is 5.75 Å². The van der Waals surface area contributed by atoms with Crippen molar-refractivity contribution >= 4 is 10.9 Å². The molecular formula is C13H16N2O. The summed E-state index contributed by atoms with van der Waals surface area (Å²) in [6, 6.07) is 8.51. The first-order chi connectivity index (χ1) is 7.81. The average Bonchev–Trinajstić information content (AvgIpc) is 2.84. The Kier molecular flexibility index (Phi) is 2.14. The molecule has 1 aliphatic heterocycles. The zero-order chi connectivity index (χ0) is 11.1. The van der Waals surface area contributed by atoms with Crippen molar-refractivity contribution in [1.29, 1.82) is 0 Å². The molecule has 84 valence electrons. The molecule has 0 saturated carbocycles. The van der Waals surface area contributed by atoms with Gasteiger partial charge in [-0.25, -0.2) is 0 Å². The van der Waals surface area contributed by atoms with E-state index in [1.165, 1.54) is 16.6 Å². The van der Waals surface area contributed by atoms with Crippen molar-refractivity contribution in [3.63, 3.8) is 0 Å². The number of methoxy groups -OCH3 is 1. The lowest BCUT2D eigenvalue weighted by Crippen LogP contribution is -2.15. The predicted octanol–water partition coefficient (Wildman–Crippen LogP) is 1.78. The summed E-state index contributed by atoms with van der Waals surface area (Å²) < 4.78 is 7.62. The third-order valence-corrected chi connectivity index (χ3v) is 3.47. The molecule has 0 radical (unpaired) electrons. The number of ether oxygens (including phenoxy) is 1. The normalized spacial score (nSPS) is 19.0. The maximum atomic E-state index is 5.73. The largest absolute Gasteiger partial charge is 0.497 e. The van der Waals surface area contributed by atoms with E-state index in [-0.39, 0.29) is 0 Å². The first kappa shape index (κ1) is 9.73. The molecule has 0 saturated heterocycles. The van der Waals surface area contributed by atoms with E-state index in [0.717, 1.165) is 25.3 Å². The number of hydrogen-bond acceptors (Lipinski definition) is 2. The molecule has 2 aromatic rings. The molecule has 3 rings (SSSR count). The van der Waals surface area contributed by atoms with E-state index in [0.29, 0.717) is 5.92 Å². The summed E-state index contributed by atoms with van der Waals surface area (Å²) in [7, 11) is 1.70. The van der Waals surface area contributed by atoms with Crippen molar-refractivity contribution in [2.45, 2.75) is 13.0 Å². The van der Waals surface area contributed by atoms with Gasteiger partial charge in [-0.2, -0.15) is 0 Å². The summed E-state index contributed by atoms with van der Waals surface area (Å²) in [4.78, 5) is 0. The van der Waals surface area contributed by atoms with Crippen LogP contribution in [0.15, 0.2) is 24.3 Å². The maximum Gasteiger partial charge on any atom is 0.119 e. The summed E-state index contributed by atoms with van der Waals surface area (Å²) in [5.74, 6) is 1.54. The van der Waals surface area contributed by atoms with Gasteiger partial charge in [0.1, 0.15) is 5.75 Å². The van der Waals surface area contributed by atoms with Gasteiger partial charge < -0.3 is 15.0 Å². The third-order valence-electron chi connectivity index (χ3n) is 3.47. The highest BCUT2D eigenvalue weighted by Gasteiger charge is 2.22. The van der Waals surface area contributed by atoms with E-state index in [4.69, 9.17) is 10.5 Å². The minimum Gasteiger partial charge on any atom is -0.497 e. The van der Waals surface area contributed by atoms with Gasteiger partial charge in [0.15, 0.2) is 0 Å². The number of nitrogens with two attached hydrogens (primary N) is 1. The lowest BCUT2D eigenvalue weighted by molar-refractivity contribution is 0.415. The zero-order valence-electron chi connectivity index (χ0n) is 9.44. The summed E-state index contributed by atoms with van der Waals surface area (Å²) in [6.07, 6.45) is 1.10. The number of hydrogen-bond donors (Lipinski definition) is 1. The Labute approximate surface area is 94.8 Å². The molecule has 1 aromatic carbocycles. The highest BCUT2D eigenvalue weighted by molar-refractivity contribution is 5.83. The second kappa shape index (κ2) is 3.52. The highest BCUT2D eigenvalue weighted by atomic mass is 16.5. The van der Waals surface area contributed by atoms with Crippen LogP contribution in [0.3, 0.4) is 0 Å². The smallest absolute Gasteiger partial charge is 0.119 e. The maximum absolute atomic E-state index is 5.73. The molecule has 0 aliphatic carbocycles. The Hall–Kier alpha value is -1.48. The van der Waals surface area contributed by atoms with Crippen molar-refractivity contribution in [2.75, 3.05) is 13.7 Å². The first-order valence-corrected chi connectivity index (χ1v) is 5.68. The van der Waals surface area contributed by atoms with Gasteiger partial charge in [0.25, 0.3) is 0 Å². The average molecular weight is 216 g/mol. The Morgan fingerprint density at radius 1 is 1.44 bits per heavy atom. The molecule has 1 unspecified atom stereocenters. The van der Waals surface area contributed by atoms with E-state index >= 15 is 0 Å². The third kappa shape index (κ3) is 1.32. The Morgan fingerprint density at radius 2 is 2.31 bits per heavy atom. The molecule has 0 spiro atoms. The topological polar surface area (TPSA) is 40.2 Å². The molecule has 3 heteroatoms. The fraction of sp³-hybridized carbons (Fsp3) is 0.385. The monoisotopic (exact) mass is 216 g/mol. The number of nitrogens with zero attached hydrogens (tertiary/aromatic N) is 1. The van der Waals surface area contributed by atoms with Crippen molar-refractivity contribution < 1.29 is 4.74 Å². The van der Waals surface area contributed by atoms with Crippen molar-refractivity contribution in [2.24, 2.45) is 11.7 Å². The molecule has 16 heavy (non-hydrogen) atoms. The van der Waals surface area contributed by atoms with E-state index < -0.39 is 0 Å². The molecule has 0 fully saturated rings. The highest BCUT2D eigenvalue weighted by Crippen LogP contribution is 2.30. The molecule has 1 atom stereocenters. The molecular weight excluding hydrogens is 200 g/mol. The molecule has 0 bridgehead atoms. The first-order valence-electron chi connectivity index (χ1n) is 5.68. The summed E-state index contributed by atoms with van der Waals surface area (Å²) >= 11 is 0. The van der Waals surface area contributed by atoms with Crippen LogP contribution in [-0.4, -0.2) is 18.2 Å². The Bertz CT molecular complexity index is 530. The quantitative estimate of drug-likeness (QED) is 0.831.